The Bertz CT molecular complexity index is 2420. The van der Waals surface area contributed by atoms with Crippen LogP contribution in [0.1, 0.15) is 85.5 Å². The maximum Gasteiger partial charge on any atom is 0.408 e. The highest BCUT2D eigenvalue weighted by Crippen LogP contribution is 2.49. The number of ether oxygens (including phenoxy) is 2. The third-order valence-corrected chi connectivity index (χ3v) is 16.0. The van der Waals surface area contributed by atoms with Crippen molar-refractivity contribution >= 4 is 44.6 Å². The smallest absolute Gasteiger partial charge is 0.408 e. The number of pyridine rings is 1. The highest BCUT2D eigenvalue weighted by atomic mass is 32.2. The van der Waals surface area contributed by atoms with Crippen molar-refractivity contribution in [3.8, 4) is 22.9 Å². The van der Waals surface area contributed by atoms with Crippen molar-refractivity contribution in [1.82, 2.24) is 24.8 Å². The molecule has 1 saturated heterocycles. The van der Waals surface area contributed by atoms with Crippen LogP contribution >= 0.6 is 0 Å². The van der Waals surface area contributed by atoms with E-state index in [-0.39, 0.29) is 43.1 Å². The van der Waals surface area contributed by atoms with Gasteiger partial charge in [0.05, 0.1) is 24.1 Å². The summed E-state index contributed by atoms with van der Waals surface area (Å²) in [4.78, 5) is 64.8. The Hall–Kier alpha value is -5.25. The van der Waals surface area contributed by atoms with Gasteiger partial charge < -0.3 is 24.8 Å². The van der Waals surface area contributed by atoms with Crippen molar-refractivity contribution in [2.75, 3.05) is 20.2 Å². The number of nitrogens with zero attached hydrogens (tertiary/aromatic N) is 3. The largest absolute Gasteiger partial charge is 0.497 e. The summed E-state index contributed by atoms with van der Waals surface area (Å²) in [6.45, 7) is 7.57. The highest BCUT2D eigenvalue weighted by Gasteiger charge is 2.63. The van der Waals surface area contributed by atoms with Crippen LogP contribution < -0.4 is 19.5 Å². The van der Waals surface area contributed by atoms with Crippen molar-refractivity contribution in [3.05, 3.63) is 66.5 Å². The Labute approximate surface area is 361 Å². The van der Waals surface area contributed by atoms with E-state index in [1.807, 2.05) is 38.1 Å². The van der Waals surface area contributed by atoms with E-state index in [1.54, 1.807) is 38.3 Å². The van der Waals surface area contributed by atoms with Crippen LogP contribution in [-0.4, -0.2) is 101 Å². The van der Waals surface area contributed by atoms with Gasteiger partial charge in [-0.1, -0.05) is 32.9 Å². The fourth-order valence-corrected chi connectivity index (χ4v) is 10.5. The van der Waals surface area contributed by atoms with Gasteiger partial charge in [0.25, 0.3) is 5.91 Å². The van der Waals surface area contributed by atoms with Gasteiger partial charge in [0, 0.05) is 29.8 Å². The lowest BCUT2D eigenvalue weighted by atomic mass is 9.86. The predicted molar refractivity (Wildman–Crippen MR) is 229 cm³/mol. The quantitative estimate of drug-likeness (QED) is 0.192. The second kappa shape index (κ2) is 16.1. The maximum absolute atomic E-state index is 15.3. The Morgan fingerprint density at radius 3 is 2.44 bits per heavy atom. The number of carboxylic acid groups (broad SMARTS) is 1. The van der Waals surface area contributed by atoms with E-state index in [1.165, 1.54) is 21.9 Å². The zero-order valence-electron chi connectivity index (χ0n) is 35.9. The number of nitrogens with one attached hydrogen (secondary N) is 2. The van der Waals surface area contributed by atoms with Gasteiger partial charge in [-0.3, -0.25) is 24.0 Å². The molecule has 2 aliphatic heterocycles. The van der Waals surface area contributed by atoms with Gasteiger partial charge in [0.2, 0.25) is 27.7 Å². The third kappa shape index (κ3) is 8.58. The number of hydrogen-bond donors (Lipinski definition) is 3. The molecule has 1 aromatic heterocycles. The van der Waals surface area contributed by atoms with Gasteiger partial charge in [0.1, 0.15) is 35.3 Å². The number of benzene rings is 2. The maximum atomic E-state index is 15.3. The number of carbonyl (C=O) groups excluding carboxylic acids is 3. The minimum absolute atomic E-state index is 0.0471. The van der Waals surface area contributed by atoms with Gasteiger partial charge in [-0.15, -0.1) is 0 Å². The number of allylic oxidation sites excluding steroid dienone is 1. The zero-order chi connectivity index (χ0) is 44.4. The number of aromatic nitrogens is 1. The summed E-state index contributed by atoms with van der Waals surface area (Å²) in [7, 11) is -2.50. The van der Waals surface area contributed by atoms with E-state index in [4.69, 9.17) is 14.5 Å². The normalized spacial score (nSPS) is 29.5. The zero-order valence-corrected chi connectivity index (χ0v) is 36.7. The molecule has 2 aromatic carbocycles. The molecule has 3 aliphatic carbocycles. The van der Waals surface area contributed by atoms with Crippen molar-refractivity contribution in [1.29, 1.82) is 0 Å². The molecule has 5 aliphatic rings. The fraction of sp³-hybridized carbons (Fsp3) is 0.543. The number of amides is 4. The topological polar surface area (TPSA) is 185 Å². The van der Waals surface area contributed by atoms with Crippen LogP contribution in [-0.2, 0) is 24.4 Å². The summed E-state index contributed by atoms with van der Waals surface area (Å²) in [5.41, 5.74) is -0.769. The molecule has 14 nitrogen and oxygen atoms in total. The van der Waals surface area contributed by atoms with E-state index in [0.29, 0.717) is 53.5 Å². The number of methoxy groups -OCH3 is 1. The second-order valence-corrected chi connectivity index (χ2v) is 21.2. The number of carbonyl (C=O) groups is 4. The van der Waals surface area contributed by atoms with E-state index >= 15 is 4.79 Å². The molecule has 7 atom stereocenters. The first-order valence-corrected chi connectivity index (χ1v) is 23.1. The summed E-state index contributed by atoms with van der Waals surface area (Å²) in [6, 6.07) is 10.7. The Morgan fingerprint density at radius 1 is 1.05 bits per heavy atom. The van der Waals surface area contributed by atoms with E-state index in [9.17, 15) is 32.3 Å². The van der Waals surface area contributed by atoms with Crippen LogP contribution in [0.4, 0.5) is 9.18 Å². The standard InChI is InChI=1S/C46H56FN5O9S/c1-27-8-6-7-9-31-24-46(31,42(55)50-62(58,59)45(4)18-19-45)49-39(53)37-23-34(25-51(37)41(54)38(28(2)20-27)52(43(56)57)26-44(3)16-17-44)61-40-35-15-14-33(60-5)21-30(35)22-36(48-40)29-10-12-32(47)13-11-29/h7,9-15,21-22,27-28,31,34,37-38H,6,8,16-20,23-26H2,1-5H3,(H,49,53)(H,50,55)(H,56,57)/b9-7-/t27-,28+,31+,34+,37-,38-,46+/m0/s1. The average molecular weight is 874 g/mol. The molecule has 62 heavy (non-hydrogen) atoms. The Kier molecular flexibility index (Phi) is 11.3. The molecule has 0 bridgehead atoms. The molecular formula is C46H56FN5O9S. The van der Waals surface area contributed by atoms with Crippen molar-refractivity contribution < 1.29 is 46.6 Å². The number of rotatable bonds is 10. The van der Waals surface area contributed by atoms with Gasteiger partial charge >= 0.3 is 6.09 Å². The SMILES string of the molecule is COc1ccc2c(O[C@@H]3C[C@H]4C(=O)N[C@]5(C(=O)NS(=O)(=O)C6(C)CC6)C[C@H]5/C=C\CC[C@H](C)C[C@@H](C)[C@H](N(CC5(C)CC5)C(=O)O)C(=O)N4C3)nc(-c3ccc(F)cc3)cc2c1. The fourth-order valence-electron chi connectivity index (χ4n) is 9.23. The molecule has 332 valence electrons. The van der Waals surface area contributed by atoms with Crippen LogP contribution in [0.15, 0.2) is 60.7 Å². The lowest BCUT2D eigenvalue weighted by molar-refractivity contribution is -0.144. The van der Waals surface area contributed by atoms with Crippen LogP contribution in [0, 0.1) is 29.0 Å². The summed E-state index contributed by atoms with van der Waals surface area (Å²) in [5, 5.41) is 15.0. The summed E-state index contributed by atoms with van der Waals surface area (Å²) in [6.07, 6.45) is 6.22. The number of sulfonamides is 1. The second-order valence-electron chi connectivity index (χ2n) is 19.0. The van der Waals surface area contributed by atoms with Crippen LogP contribution in [0.2, 0.25) is 0 Å². The van der Waals surface area contributed by atoms with Crippen LogP contribution in [0.3, 0.4) is 0 Å². The molecule has 3 N–H and O–H groups in total. The molecule has 8 rings (SSSR count). The van der Waals surface area contributed by atoms with Crippen LogP contribution in [0.5, 0.6) is 11.6 Å². The first-order chi connectivity index (χ1) is 29.3. The van der Waals surface area contributed by atoms with Gasteiger partial charge in [0.15, 0.2) is 0 Å². The average Bonchev–Trinajstić information content (AvgIpc) is 4.19. The molecule has 16 heteroatoms. The molecule has 3 heterocycles. The highest BCUT2D eigenvalue weighted by molar-refractivity contribution is 7.91. The first-order valence-electron chi connectivity index (χ1n) is 21.6. The summed E-state index contributed by atoms with van der Waals surface area (Å²) in [5.74, 6) is -2.53. The summed E-state index contributed by atoms with van der Waals surface area (Å²) >= 11 is 0. The number of halogens is 1. The lowest BCUT2D eigenvalue weighted by Gasteiger charge is -2.38. The number of fused-ring (bicyclic) bond motifs is 3. The van der Waals surface area contributed by atoms with E-state index in [2.05, 4.69) is 17.0 Å². The van der Waals surface area contributed by atoms with Gasteiger partial charge in [-0.2, -0.15) is 0 Å². The molecule has 3 saturated carbocycles. The van der Waals surface area contributed by atoms with Gasteiger partial charge in [-0.05, 0) is 129 Å². The molecule has 0 radical (unpaired) electrons. The third-order valence-electron chi connectivity index (χ3n) is 13.9. The molecular weight excluding hydrogens is 818 g/mol. The molecule has 4 fully saturated rings. The van der Waals surface area contributed by atoms with Crippen molar-refractivity contribution in [2.24, 2.45) is 23.2 Å². The van der Waals surface area contributed by atoms with Crippen molar-refractivity contribution in [3.63, 3.8) is 0 Å². The molecule has 0 spiro atoms. The monoisotopic (exact) mass is 873 g/mol. The predicted octanol–water partition coefficient (Wildman–Crippen LogP) is 6.43. The van der Waals surface area contributed by atoms with Gasteiger partial charge in [-0.25, -0.2) is 22.6 Å². The Balaban J connectivity index is 1.18. The van der Waals surface area contributed by atoms with Crippen molar-refractivity contribution in [2.45, 2.75) is 114 Å². The van der Waals surface area contributed by atoms with Crippen LogP contribution in [0.25, 0.3) is 22.0 Å². The minimum Gasteiger partial charge on any atom is -0.497 e. The molecule has 3 aromatic rings. The molecule has 4 amide bonds. The first kappa shape index (κ1) is 43.4. The summed E-state index contributed by atoms with van der Waals surface area (Å²) < 4.78 is 54.0. The molecule has 0 unspecified atom stereocenters. The van der Waals surface area contributed by atoms with E-state index < -0.39 is 80.0 Å². The Morgan fingerprint density at radius 2 is 1.77 bits per heavy atom. The lowest BCUT2D eigenvalue weighted by Crippen LogP contribution is -2.60. The minimum atomic E-state index is -4.05. The van der Waals surface area contributed by atoms with E-state index in [0.717, 1.165) is 19.3 Å². The number of hydrogen-bond acceptors (Lipinski definition) is 9.